The monoisotopic (exact) mass is 484 g/mol. The zero-order chi connectivity index (χ0) is 21.1. The van der Waals surface area contributed by atoms with Gasteiger partial charge in [-0.2, -0.15) is 0 Å². The molecule has 0 aliphatic rings. The fourth-order valence-electron chi connectivity index (χ4n) is 2.99. The van der Waals surface area contributed by atoms with Crippen LogP contribution >= 0.6 is 11.6 Å². The maximum Gasteiger partial charge on any atom is 0.259 e. The van der Waals surface area contributed by atoms with Crippen LogP contribution in [0.15, 0.2) is 89.1 Å². The summed E-state index contributed by atoms with van der Waals surface area (Å²) in [6, 6.07) is 22.1. The minimum atomic E-state index is -0.480. The van der Waals surface area contributed by atoms with E-state index in [1.54, 1.807) is 42.5 Å². The van der Waals surface area contributed by atoms with Crippen molar-refractivity contribution in [3.8, 4) is 11.5 Å². The van der Waals surface area contributed by atoms with Crippen molar-refractivity contribution in [1.82, 2.24) is 0 Å². The molecule has 0 bridgehead atoms. The molecule has 0 aliphatic heterocycles. The van der Waals surface area contributed by atoms with Gasteiger partial charge in [-0.15, -0.1) is 10.2 Å². The second kappa shape index (κ2) is 10.8. The average molecular weight is 485 g/mol. The smallest absolute Gasteiger partial charge is 0.259 e. The van der Waals surface area contributed by atoms with E-state index >= 15 is 0 Å². The Bertz CT molecular complexity index is 1280. The molecule has 0 atom stereocenters. The van der Waals surface area contributed by atoms with E-state index in [-0.39, 0.29) is 53.2 Å². The summed E-state index contributed by atoms with van der Waals surface area (Å²) in [5.41, 5.74) is 0.916. The number of phenolic OH excluding ortho intramolecular Hbond substituents is 2. The fraction of sp³-hybridized carbons (Fsp3) is 0. The van der Waals surface area contributed by atoms with Crippen molar-refractivity contribution in [2.24, 2.45) is 10.2 Å². The second-order valence-corrected chi connectivity index (χ2v) is 6.93. The molecule has 0 radical (unpaired) electrons. The van der Waals surface area contributed by atoms with Gasteiger partial charge in [0, 0.05) is 33.5 Å². The minimum Gasteiger partial charge on any atom is -0.506 e. The number of halogens is 1. The van der Waals surface area contributed by atoms with E-state index in [0.29, 0.717) is 21.5 Å². The van der Waals surface area contributed by atoms with Gasteiger partial charge < -0.3 is 23.0 Å². The van der Waals surface area contributed by atoms with Crippen LogP contribution in [0.25, 0.3) is 10.8 Å². The topological polar surface area (TPSA) is 94.3 Å². The number of nitrogens with one attached hydrogen (secondary N) is 1. The van der Waals surface area contributed by atoms with Crippen molar-refractivity contribution in [3.63, 3.8) is 0 Å². The molecule has 32 heavy (non-hydrogen) atoms. The number of carbonyl (C=O) groups is 1. The van der Waals surface area contributed by atoms with Gasteiger partial charge in [-0.1, -0.05) is 54.1 Å². The Hall–Kier alpha value is -3.37. The van der Waals surface area contributed by atoms with Crippen LogP contribution in [0.2, 0.25) is 5.02 Å². The van der Waals surface area contributed by atoms with E-state index in [9.17, 15) is 15.0 Å². The molecule has 4 rings (SSSR count). The van der Waals surface area contributed by atoms with Gasteiger partial charge in [0.15, 0.2) is 5.75 Å². The number of carbonyl (C=O) groups excluding carboxylic acids is 1. The minimum absolute atomic E-state index is 0. The van der Waals surface area contributed by atoms with Crippen LogP contribution in [0.5, 0.6) is 11.5 Å². The number of anilines is 1. The van der Waals surface area contributed by atoms with Crippen LogP contribution < -0.4 is 5.32 Å². The number of hydrogen-bond acceptors (Lipinski definition) is 5. The zero-order valence-electron chi connectivity index (χ0n) is 17.0. The van der Waals surface area contributed by atoms with Gasteiger partial charge in [0.1, 0.15) is 17.1 Å². The number of hydrogen-bond donors (Lipinski definition) is 3. The van der Waals surface area contributed by atoms with E-state index in [4.69, 9.17) is 11.6 Å². The summed E-state index contributed by atoms with van der Waals surface area (Å²) in [5, 5.41) is 33.4. The number of benzene rings is 4. The number of rotatable bonds is 4. The van der Waals surface area contributed by atoms with E-state index in [0.717, 1.165) is 0 Å². The summed E-state index contributed by atoms with van der Waals surface area (Å²) in [4.78, 5) is 12.8. The van der Waals surface area contributed by atoms with Crippen LogP contribution in [-0.4, -0.2) is 16.1 Å². The van der Waals surface area contributed by atoms with Crippen molar-refractivity contribution >= 4 is 45.3 Å². The number of aromatic hydroxyl groups is 2. The maximum absolute atomic E-state index is 12.8. The molecule has 0 aliphatic carbocycles. The van der Waals surface area contributed by atoms with Gasteiger partial charge in [-0.3, -0.25) is 4.79 Å². The number of phenols is 2. The molecule has 162 valence electrons. The predicted molar refractivity (Wildman–Crippen MR) is 124 cm³/mol. The Morgan fingerprint density at radius 3 is 2.31 bits per heavy atom. The second-order valence-electron chi connectivity index (χ2n) is 6.50. The summed E-state index contributed by atoms with van der Waals surface area (Å²) in [7, 11) is 0. The first-order valence-corrected chi connectivity index (χ1v) is 9.42. The Kier molecular flexibility index (Phi) is 8.39. The molecule has 1 amide bonds. The average Bonchev–Trinajstić information content (AvgIpc) is 2.75. The third kappa shape index (κ3) is 5.27. The van der Waals surface area contributed by atoms with E-state index < -0.39 is 5.91 Å². The van der Waals surface area contributed by atoms with Crippen LogP contribution in [0.4, 0.5) is 17.1 Å². The number of amides is 1. The molecule has 0 unspecified atom stereocenters. The fourth-order valence-corrected chi connectivity index (χ4v) is 3.16. The third-order valence-electron chi connectivity index (χ3n) is 4.47. The van der Waals surface area contributed by atoms with Gasteiger partial charge in [-0.05, 0) is 41.8 Å². The Morgan fingerprint density at radius 2 is 1.56 bits per heavy atom. The first-order chi connectivity index (χ1) is 14.5. The third-order valence-corrected chi connectivity index (χ3v) is 4.70. The van der Waals surface area contributed by atoms with Gasteiger partial charge >= 0.3 is 0 Å². The zero-order valence-corrected chi connectivity index (χ0v) is 19.0. The summed E-state index contributed by atoms with van der Waals surface area (Å²) in [6.45, 7) is 0. The Labute approximate surface area is 201 Å². The van der Waals surface area contributed by atoms with E-state index in [1.807, 2.05) is 18.2 Å². The summed E-state index contributed by atoms with van der Waals surface area (Å²) < 4.78 is 0. The normalized spacial score (nSPS) is 10.4. The summed E-state index contributed by atoms with van der Waals surface area (Å²) in [5.74, 6) is -0.899. The molecule has 0 saturated heterocycles. The van der Waals surface area contributed by atoms with Crippen LogP contribution in [0.1, 0.15) is 10.4 Å². The number of para-hydroxylation sites is 1. The molecule has 4 aromatic rings. The summed E-state index contributed by atoms with van der Waals surface area (Å²) in [6.07, 6.45) is 0. The molecule has 0 heterocycles. The van der Waals surface area contributed by atoms with Crippen molar-refractivity contribution < 1.29 is 32.4 Å². The van der Waals surface area contributed by atoms with Crippen molar-refractivity contribution in [2.45, 2.75) is 0 Å². The predicted octanol–water partition coefficient (Wildman–Crippen LogP) is 7.02. The molecule has 4 aromatic carbocycles. The molecule has 0 saturated carbocycles. The number of azo groups is 1. The van der Waals surface area contributed by atoms with Crippen LogP contribution in [0, 0.1) is 7.43 Å². The summed E-state index contributed by atoms with van der Waals surface area (Å²) >= 11 is 5.95. The molecular weight excluding hydrogens is 466 g/mol. The van der Waals surface area contributed by atoms with Crippen molar-refractivity contribution in [1.29, 1.82) is 0 Å². The first-order valence-electron chi connectivity index (χ1n) is 9.04. The molecule has 8 heteroatoms. The first kappa shape index (κ1) is 24.9. The Balaban J connectivity index is 0.00000181. The molecule has 0 spiro atoms. The number of fused-ring (bicyclic) bond motifs is 1. The molecular formula is C24H19ClCrN3O3-. The Morgan fingerprint density at radius 1 is 0.875 bits per heavy atom. The molecule has 0 fully saturated rings. The van der Waals surface area contributed by atoms with Crippen LogP contribution in [0.3, 0.4) is 0 Å². The van der Waals surface area contributed by atoms with Gasteiger partial charge in [-0.25, -0.2) is 0 Å². The molecule has 6 nitrogen and oxygen atoms in total. The largest absolute Gasteiger partial charge is 0.506 e. The SMILES string of the molecule is O=C(Nc1ccccc1)c1cc2ccccc2c(N=Nc2cc(Cl)ccc2O)c1O.[CH3-].[Cr]. The molecule has 3 N–H and O–H groups in total. The standard InChI is InChI=1S/C23H16ClN3O3.CH3.Cr/c24-15-10-11-20(28)19(13-15)26-27-21-17-9-5-4-6-14(17)12-18(22(21)29)23(30)25-16-7-2-1-3-8-16;;/h1-13,28-29H,(H,25,30);1H3;/q;-1;. The van der Waals surface area contributed by atoms with Gasteiger partial charge in [0.05, 0.1) is 5.56 Å². The van der Waals surface area contributed by atoms with Crippen molar-refractivity contribution in [3.05, 3.63) is 96.9 Å². The van der Waals surface area contributed by atoms with Gasteiger partial charge in [0.2, 0.25) is 0 Å². The number of nitrogens with zero attached hydrogens (tertiary/aromatic N) is 2. The molecule has 0 aromatic heterocycles. The van der Waals surface area contributed by atoms with Crippen molar-refractivity contribution in [2.75, 3.05) is 5.32 Å². The van der Waals surface area contributed by atoms with Crippen LogP contribution in [-0.2, 0) is 17.4 Å². The van der Waals surface area contributed by atoms with Gasteiger partial charge in [0.25, 0.3) is 5.91 Å². The maximum atomic E-state index is 12.8. The quantitative estimate of drug-likeness (QED) is 0.214. The van der Waals surface area contributed by atoms with E-state index in [2.05, 4.69) is 15.5 Å². The van der Waals surface area contributed by atoms with E-state index in [1.165, 1.54) is 18.2 Å².